The fourth-order valence-electron chi connectivity index (χ4n) is 1.37. The third-order valence-corrected chi connectivity index (χ3v) is 12.1. The molecule has 1 rings (SSSR count). The molecule has 1 atom stereocenters. The smallest absolute Gasteiger partial charge is 0.340 e. The number of aliphatic hydroxyl groups excluding tert-OH is 1. The second-order valence-electron chi connectivity index (χ2n) is 4.58. The first-order valence-corrected chi connectivity index (χ1v) is 11.7. The number of carbonyl (C=O) groups excluding carboxylic acids is 2. The van der Waals surface area contributed by atoms with E-state index in [0.717, 1.165) is 17.9 Å². The molecule has 0 heterocycles. The van der Waals surface area contributed by atoms with E-state index in [-0.39, 0.29) is 18.8 Å². The second kappa shape index (κ2) is 10.7. The van der Waals surface area contributed by atoms with Crippen molar-refractivity contribution in [1.82, 2.24) is 0 Å². The Hall–Kier alpha value is 1.51. The van der Waals surface area contributed by atoms with Gasteiger partial charge in [0.15, 0.2) is 0 Å². The lowest BCUT2D eigenvalue weighted by Crippen LogP contribution is -2.26. The molecule has 0 aliphatic carbocycles. The Kier molecular flexibility index (Phi) is 10.5. The van der Waals surface area contributed by atoms with Crippen LogP contribution in [0.5, 0.6) is 0 Å². The van der Waals surface area contributed by atoms with Crippen molar-refractivity contribution in [3.63, 3.8) is 0 Å². The predicted octanol–water partition coefficient (Wildman–Crippen LogP) is 4.35. The molecular formula is C14H11I5O5. The van der Waals surface area contributed by atoms with Crippen molar-refractivity contribution < 1.29 is 24.2 Å². The summed E-state index contributed by atoms with van der Waals surface area (Å²) in [6.45, 7) is 4.45. The number of rotatable bonds is 6. The van der Waals surface area contributed by atoms with Crippen molar-refractivity contribution in [2.75, 3.05) is 13.2 Å². The zero-order valence-electron chi connectivity index (χ0n) is 12.2. The Morgan fingerprint density at radius 1 is 0.958 bits per heavy atom. The standard InChI is InChI=1S/C14H11I5O5/c1-5(2)13(21)23-3-6(20)4-24-14(22)7-8(15)10(17)12(19)11(18)9(7)16/h6,20H,1,3-4H2,2H3. The van der Waals surface area contributed by atoms with Crippen molar-refractivity contribution in [3.8, 4) is 0 Å². The van der Waals surface area contributed by atoms with Crippen molar-refractivity contribution in [1.29, 1.82) is 0 Å². The quantitative estimate of drug-likeness (QED) is 0.152. The highest BCUT2D eigenvalue weighted by molar-refractivity contribution is 14.1. The largest absolute Gasteiger partial charge is 0.459 e. The molecule has 0 saturated heterocycles. The van der Waals surface area contributed by atoms with Crippen LogP contribution in [0.3, 0.4) is 0 Å². The molecule has 1 N–H and O–H groups in total. The molecule has 0 spiro atoms. The van der Waals surface area contributed by atoms with Crippen molar-refractivity contribution in [3.05, 3.63) is 35.6 Å². The molecule has 0 aliphatic heterocycles. The van der Waals surface area contributed by atoms with E-state index >= 15 is 0 Å². The van der Waals surface area contributed by atoms with E-state index in [4.69, 9.17) is 9.47 Å². The molecule has 0 radical (unpaired) electrons. The summed E-state index contributed by atoms with van der Waals surface area (Å²) in [5, 5.41) is 9.78. The second-order valence-corrected chi connectivity index (χ2v) is 9.97. The lowest BCUT2D eigenvalue weighted by molar-refractivity contribution is -0.142. The number of aliphatic hydroxyl groups is 1. The highest BCUT2D eigenvalue weighted by atomic mass is 127. The van der Waals surface area contributed by atoms with Crippen molar-refractivity contribution in [2.45, 2.75) is 13.0 Å². The van der Waals surface area contributed by atoms with Crippen LogP contribution in [0.25, 0.3) is 0 Å². The van der Waals surface area contributed by atoms with Crippen LogP contribution in [0, 0.1) is 17.9 Å². The third kappa shape index (κ3) is 6.29. The molecule has 10 heteroatoms. The van der Waals surface area contributed by atoms with Crippen LogP contribution in [0.1, 0.15) is 17.3 Å². The van der Waals surface area contributed by atoms with E-state index in [0.29, 0.717) is 5.56 Å². The van der Waals surface area contributed by atoms with Crippen molar-refractivity contribution in [2.24, 2.45) is 0 Å². The van der Waals surface area contributed by atoms with Gasteiger partial charge in [-0.05, 0) is 120 Å². The fraction of sp³-hybridized carbons (Fsp3) is 0.286. The van der Waals surface area contributed by atoms with Gasteiger partial charge in [0.1, 0.15) is 19.3 Å². The number of ether oxygens (including phenoxy) is 2. The Bertz CT molecular complexity index is 660. The first-order valence-electron chi connectivity index (χ1n) is 6.27. The molecule has 24 heavy (non-hydrogen) atoms. The third-order valence-electron chi connectivity index (χ3n) is 2.58. The summed E-state index contributed by atoms with van der Waals surface area (Å²) in [6.07, 6.45) is -1.09. The summed E-state index contributed by atoms with van der Waals surface area (Å²) in [6, 6.07) is 0. The molecule has 1 unspecified atom stereocenters. The summed E-state index contributed by atoms with van der Waals surface area (Å²) in [5.41, 5.74) is 0.725. The summed E-state index contributed by atoms with van der Waals surface area (Å²) < 4.78 is 14.7. The predicted molar refractivity (Wildman–Crippen MR) is 132 cm³/mol. The van der Waals surface area contributed by atoms with E-state index in [2.05, 4.69) is 120 Å². The Morgan fingerprint density at radius 3 is 1.83 bits per heavy atom. The first-order chi connectivity index (χ1) is 11.1. The molecule has 0 aromatic heterocycles. The van der Waals surface area contributed by atoms with Gasteiger partial charge in [-0.2, -0.15) is 0 Å². The SMILES string of the molecule is C=C(C)C(=O)OCC(O)COC(=O)c1c(I)c(I)c(I)c(I)c1I. The monoisotopic (exact) mass is 894 g/mol. The van der Waals surface area contributed by atoms with Gasteiger partial charge < -0.3 is 14.6 Å². The number of benzene rings is 1. The molecule has 5 nitrogen and oxygen atoms in total. The van der Waals surface area contributed by atoms with Gasteiger partial charge in [0.25, 0.3) is 0 Å². The first kappa shape index (κ1) is 23.5. The minimum absolute atomic E-state index is 0.242. The average molecular weight is 894 g/mol. The topological polar surface area (TPSA) is 72.8 Å². The Balaban J connectivity index is 2.76. The highest BCUT2D eigenvalue weighted by Crippen LogP contribution is 2.34. The fourth-order valence-corrected chi connectivity index (χ4v) is 6.57. The van der Waals surface area contributed by atoms with Crippen LogP contribution in [0.15, 0.2) is 12.2 Å². The van der Waals surface area contributed by atoms with Gasteiger partial charge in [-0.15, -0.1) is 0 Å². The van der Waals surface area contributed by atoms with E-state index in [9.17, 15) is 14.7 Å². The van der Waals surface area contributed by atoms with E-state index < -0.39 is 18.0 Å². The minimum atomic E-state index is -1.09. The maximum Gasteiger partial charge on any atom is 0.340 e. The molecule has 132 valence electrons. The lowest BCUT2D eigenvalue weighted by atomic mass is 10.2. The number of hydrogen-bond acceptors (Lipinski definition) is 5. The van der Waals surface area contributed by atoms with Crippen LogP contribution >= 0.6 is 113 Å². The lowest BCUT2D eigenvalue weighted by Gasteiger charge is -2.15. The van der Waals surface area contributed by atoms with Crippen LogP contribution < -0.4 is 0 Å². The molecule has 0 bridgehead atoms. The van der Waals surface area contributed by atoms with Gasteiger partial charge in [-0.3, -0.25) is 0 Å². The zero-order valence-corrected chi connectivity index (χ0v) is 23.0. The van der Waals surface area contributed by atoms with Crippen LogP contribution in [0.4, 0.5) is 0 Å². The number of halogens is 5. The number of hydrogen-bond donors (Lipinski definition) is 1. The molecule has 0 aliphatic rings. The van der Waals surface area contributed by atoms with Crippen LogP contribution in [-0.2, 0) is 14.3 Å². The average Bonchev–Trinajstić information content (AvgIpc) is 2.54. The van der Waals surface area contributed by atoms with Gasteiger partial charge in [-0.25, -0.2) is 9.59 Å². The summed E-state index contributed by atoms with van der Waals surface area (Å²) in [5.74, 6) is -1.10. The molecule has 0 amide bonds. The summed E-state index contributed by atoms with van der Waals surface area (Å²) in [4.78, 5) is 23.6. The normalized spacial score (nSPS) is 11.8. The van der Waals surface area contributed by atoms with E-state index in [1.54, 1.807) is 0 Å². The minimum Gasteiger partial charge on any atom is -0.459 e. The summed E-state index contributed by atoms with van der Waals surface area (Å²) in [7, 11) is 0. The van der Waals surface area contributed by atoms with E-state index in [1.807, 2.05) is 0 Å². The zero-order chi connectivity index (χ0) is 18.6. The van der Waals surface area contributed by atoms with Gasteiger partial charge in [-0.1, -0.05) is 6.58 Å². The summed E-state index contributed by atoms with van der Waals surface area (Å²) >= 11 is 10.9. The van der Waals surface area contributed by atoms with Crippen LogP contribution in [-0.4, -0.2) is 36.4 Å². The number of esters is 2. The number of carbonyl (C=O) groups is 2. The maximum atomic E-state index is 12.4. The highest BCUT2D eigenvalue weighted by Gasteiger charge is 2.24. The molecular weight excluding hydrogens is 883 g/mol. The van der Waals surface area contributed by atoms with Gasteiger partial charge in [0.05, 0.1) is 5.56 Å². The van der Waals surface area contributed by atoms with Crippen molar-refractivity contribution >= 4 is 125 Å². The maximum absolute atomic E-state index is 12.4. The van der Waals surface area contributed by atoms with Gasteiger partial charge in [0, 0.05) is 23.4 Å². The Morgan fingerprint density at radius 2 is 1.38 bits per heavy atom. The molecule has 0 saturated carbocycles. The van der Waals surface area contributed by atoms with Gasteiger partial charge in [0.2, 0.25) is 0 Å². The van der Waals surface area contributed by atoms with Crippen LogP contribution in [0.2, 0.25) is 0 Å². The Labute approximate surface area is 207 Å². The van der Waals surface area contributed by atoms with Gasteiger partial charge >= 0.3 is 11.9 Å². The molecule has 1 aromatic rings. The molecule has 0 fully saturated rings. The molecule has 1 aromatic carbocycles. The van der Waals surface area contributed by atoms with E-state index in [1.165, 1.54) is 6.92 Å².